The van der Waals surface area contributed by atoms with Crippen molar-refractivity contribution in [1.29, 1.82) is 0 Å². The average Bonchev–Trinajstić information content (AvgIpc) is 3.46. The molecule has 0 aliphatic carbocycles. The number of nitrogens with zero attached hydrogens (tertiary/aromatic N) is 2. The van der Waals surface area contributed by atoms with Crippen LogP contribution in [0, 0.1) is 6.92 Å². The summed E-state index contributed by atoms with van der Waals surface area (Å²) in [7, 11) is 0. The molecule has 0 spiro atoms. The molecule has 0 saturated carbocycles. The number of rotatable bonds is 5. The lowest BCUT2D eigenvalue weighted by Gasteiger charge is -2.23. The molecule has 1 amide bonds. The van der Waals surface area contributed by atoms with E-state index in [0.29, 0.717) is 18.7 Å². The van der Waals surface area contributed by atoms with Crippen molar-refractivity contribution in [2.45, 2.75) is 32.7 Å². The van der Waals surface area contributed by atoms with Gasteiger partial charge in [0.15, 0.2) is 6.39 Å². The third-order valence-corrected chi connectivity index (χ3v) is 6.28. The number of ether oxygens (including phenoxy) is 1. The molecule has 1 fully saturated rings. The first-order chi connectivity index (χ1) is 15.2. The number of benzene rings is 2. The van der Waals surface area contributed by atoms with Crippen LogP contribution in [0.2, 0.25) is 0 Å². The van der Waals surface area contributed by atoms with Crippen LogP contribution in [0.5, 0.6) is 5.75 Å². The Morgan fingerprint density at radius 1 is 1.16 bits per heavy atom. The minimum Gasteiger partial charge on any atom is -0.491 e. The predicted octanol–water partition coefficient (Wildman–Crippen LogP) is 3.96. The van der Waals surface area contributed by atoms with Crippen molar-refractivity contribution < 1.29 is 13.9 Å². The van der Waals surface area contributed by atoms with E-state index in [9.17, 15) is 4.79 Å². The molecule has 5 rings (SSSR count). The summed E-state index contributed by atoms with van der Waals surface area (Å²) < 4.78 is 11.1. The van der Waals surface area contributed by atoms with Crippen molar-refractivity contribution in [2.75, 3.05) is 26.2 Å². The van der Waals surface area contributed by atoms with E-state index in [1.165, 1.54) is 35.9 Å². The van der Waals surface area contributed by atoms with Gasteiger partial charge in [0.1, 0.15) is 24.3 Å². The second kappa shape index (κ2) is 8.55. The first-order valence-electron chi connectivity index (χ1n) is 11.0. The number of oxazole rings is 1. The topological polar surface area (TPSA) is 67.6 Å². The van der Waals surface area contributed by atoms with Gasteiger partial charge in [-0.2, -0.15) is 0 Å². The number of likely N-dealkylation sites (tertiary alicyclic amines) is 1. The van der Waals surface area contributed by atoms with Crippen molar-refractivity contribution in [1.82, 2.24) is 15.2 Å². The van der Waals surface area contributed by atoms with E-state index in [1.54, 1.807) is 6.26 Å². The molecule has 0 atom stereocenters. The van der Waals surface area contributed by atoms with Gasteiger partial charge in [0.05, 0.1) is 12.1 Å². The van der Waals surface area contributed by atoms with Gasteiger partial charge in [-0.3, -0.25) is 9.69 Å². The summed E-state index contributed by atoms with van der Waals surface area (Å²) in [5, 5.41) is 2.94. The summed E-state index contributed by atoms with van der Waals surface area (Å²) in [6.07, 6.45) is 6.37. The standard InChI is InChI=1S/C25H27N3O3/c1-17-22(14-28-9-2-3-10-28)20(13-21-24(17)31-11-8-26-25(21)29)12-18-4-6-19(7-5-18)23-15-30-16-27-23/h4-7,13,15-16H,2-3,8-12,14H2,1H3,(H,26,29). The molecule has 3 heterocycles. The summed E-state index contributed by atoms with van der Waals surface area (Å²) in [6, 6.07) is 10.4. The summed E-state index contributed by atoms with van der Waals surface area (Å²) >= 11 is 0. The van der Waals surface area contributed by atoms with E-state index in [-0.39, 0.29) is 5.91 Å². The van der Waals surface area contributed by atoms with Crippen molar-refractivity contribution in [3.8, 4) is 17.0 Å². The Balaban J connectivity index is 1.51. The maximum absolute atomic E-state index is 12.7. The first-order valence-corrected chi connectivity index (χ1v) is 11.0. The van der Waals surface area contributed by atoms with E-state index in [4.69, 9.17) is 9.15 Å². The number of amides is 1. The largest absolute Gasteiger partial charge is 0.491 e. The van der Waals surface area contributed by atoms with Crippen LogP contribution in [0.25, 0.3) is 11.3 Å². The Bertz CT molecular complexity index is 1070. The SMILES string of the molecule is Cc1c(CN2CCCC2)c(Cc2ccc(-c3cocn3)cc2)cc2c1OCCNC2=O. The van der Waals surface area contributed by atoms with Crippen LogP contribution < -0.4 is 10.1 Å². The lowest BCUT2D eigenvalue weighted by molar-refractivity contribution is 0.0957. The van der Waals surface area contributed by atoms with Gasteiger partial charge in [-0.15, -0.1) is 0 Å². The summed E-state index contributed by atoms with van der Waals surface area (Å²) in [5.74, 6) is 0.695. The molecule has 2 aromatic carbocycles. The molecule has 1 saturated heterocycles. The molecule has 2 aliphatic rings. The van der Waals surface area contributed by atoms with E-state index in [0.717, 1.165) is 48.6 Å². The molecule has 6 nitrogen and oxygen atoms in total. The van der Waals surface area contributed by atoms with Crippen LogP contribution in [0.1, 0.15) is 45.5 Å². The Hall–Kier alpha value is -3.12. The van der Waals surface area contributed by atoms with Crippen molar-refractivity contribution >= 4 is 5.91 Å². The number of carbonyl (C=O) groups excluding carboxylic acids is 1. The molecule has 0 bridgehead atoms. The molecule has 1 N–H and O–H groups in total. The fourth-order valence-corrected chi connectivity index (χ4v) is 4.58. The highest BCUT2D eigenvalue weighted by Gasteiger charge is 2.24. The number of aromatic nitrogens is 1. The van der Waals surface area contributed by atoms with Gasteiger partial charge in [-0.25, -0.2) is 4.98 Å². The van der Waals surface area contributed by atoms with Crippen LogP contribution in [-0.4, -0.2) is 42.0 Å². The fraction of sp³-hybridized carbons (Fsp3) is 0.360. The summed E-state index contributed by atoms with van der Waals surface area (Å²) in [5.41, 5.74) is 7.28. The van der Waals surface area contributed by atoms with Gasteiger partial charge in [0, 0.05) is 12.1 Å². The molecule has 31 heavy (non-hydrogen) atoms. The highest BCUT2D eigenvalue weighted by atomic mass is 16.5. The van der Waals surface area contributed by atoms with Gasteiger partial charge < -0.3 is 14.5 Å². The normalized spacial score (nSPS) is 16.5. The average molecular weight is 418 g/mol. The number of hydrogen-bond donors (Lipinski definition) is 1. The fourth-order valence-electron chi connectivity index (χ4n) is 4.58. The van der Waals surface area contributed by atoms with E-state index in [1.807, 2.05) is 6.07 Å². The van der Waals surface area contributed by atoms with Crippen LogP contribution in [0.4, 0.5) is 0 Å². The molecule has 0 unspecified atom stereocenters. The van der Waals surface area contributed by atoms with Crippen LogP contribution in [-0.2, 0) is 13.0 Å². The number of nitrogens with one attached hydrogen (secondary N) is 1. The maximum atomic E-state index is 12.7. The third-order valence-electron chi connectivity index (χ3n) is 6.28. The predicted molar refractivity (Wildman–Crippen MR) is 118 cm³/mol. The molecule has 1 aromatic heterocycles. The third kappa shape index (κ3) is 4.08. The second-order valence-electron chi connectivity index (χ2n) is 8.35. The second-order valence-corrected chi connectivity index (χ2v) is 8.35. The highest BCUT2D eigenvalue weighted by molar-refractivity contribution is 5.98. The maximum Gasteiger partial charge on any atom is 0.255 e. The number of fused-ring (bicyclic) bond motifs is 1. The number of carbonyl (C=O) groups is 1. The number of hydrogen-bond acceptors (Lipinski definition) is 5. The Morgan fingerprint density at radius 3 is 2.71 bits per heavy atom. The summed E-state index contributed by atoms with van der Waals surface area (Å²) in [4.78, 5) is 19.4. The lowest BCUT2D eigenvalue weighted by Crippen LogP contribution is -2.24. The van der Waals surface area contributed by atoms with Gasteiger partial charge in [0.2, 0.25) is 0 Å². The summed E-state index contributed by atoms with van der Waals surface area (Å²) in [6.45, 7) is 6.29. The minimum atomic E-state index is -0.0500. The van der Waals surface area contributed by atoms with Crippen molar-refractivity contribution in [2.24, 2.45) is 0 Å². The highest BCUT2D eigenvalue weighted by Crippen LogP contribution is 2.34. The van der Waals surface area contributed by atoms with Crippen LogP contribution in [0.3, 0.4) is 0 Å². The molecule has 6 heteroatoms. The quantitative estimate of drug-likeness (QED) is 0.681. The lowest BCUT2D eigenvalue weighted by atomic mass is 9.91. The minimum absolute atomic E-state index is 0.0500. The smallest absolute Gasteiger partial charge is 0.255 e. The zero-order valence-electron chi connectivity index (χ0n) is 17.8. The van der Waals surface area contributed by atoms with Crippen molar-refractivity contribution in [3.05, 3.63) is 70.8 Å². The van der Waals surface area contributed by atoms with Gasteiger partial charge in [0.25, 0.3) is 5.91 Å². The van der Waals surface area contributed by atoms with E-state index >= 15 is 0 Å². The van der Waals surface area contributed by atoms with E-state index in [2.05, 4.69) is 46.4 Å². The Labute approximate surface area is 182 Å². The molecular formula is C25H27N3O3. The molecule has 0 radical (unpaired) electrons. The van der Waals surface area contributed by atoms with Gasteiger partial charge >= 0.3 is 0 Å². The monoisotopic (exact) mass is 417 g/mol. The zero-order chi connectivity index (χ0) is 21.2. The van der Waals surface area contributed by atoms with Gasteiger partial charge in [-0.05, 0) is 67.6 Å². The molecule has 160 valence electrons. The first kappa shape index (κ1) is 19.8. The molecule has 3 aromatic rings. The molecule has 2 aliphatic heterocycles. The molecular weight excluding hydrogens is 390 g/mol. The van der Waals surface area contributed by atoms with E-state index < -0.39 is 0 Å². The van der Waals surface area contributed by atoms with Gasteiger partial charge in [-0.1, -0.05) is 24.3 Å². The Morgan fingerprint density at radius 2 is 1.97 bits per heavy atom. The Kier molecular flexibility index (Phi) is 5.47. The van der Waals surface area contributed by atoms with Crippen molar-refractivity contribution in [3.63, 3.8) is 0 Å². The van der Waals surface area contributed by atoms with Crippen LogP contribution >= 0.6 is 0 Å². The van der Waals surface area contributed by atoms with Crippen LogP contribution in [0.15, 0.2) is 47.4 Å². The zero-order valence-corrected chi connectivity index (χ0v) is 17.8.